The number of hydrogen-bond acceptors (Lipinski definition) is 10. The van der Waals surface area contributed by atoms with Gasteiger partial charge in [0, 0.05) is 56.2 Å². The highest BCUT2D eigenvalue weighted by atomic mass is 16.5. The molecule has 0 atom stereocenters. The van der Waals surface area contributed by atoms with Gasteiger partial charge in [0.25, 0.3) is 0 Å². The van der Waals surface area contributed by atoms with Gasteiger partial charge in [-0.3, -0.25) is 14.6 Å². The van der Waals surface area contributed by atoms with Crippen LogP contribution in [0, 0.1) is 6.92 Å². The molecule has 230 valence electrons. The van der Waals surface area contributed by atoms with E-state index >= 15 is 0 Å². The molecule has 0 spiro atoms. The Morgan fingerprint density at radius 3 is 2.59 bits per heavy atom. The third kappa shape index (κ3) is 5.60. The molecule has 2 fully saturated rings. The molecule has 13 heteroatoms. The summed E-state index contributed by atoms with van der Waals surface area (Å²) in [5, 5.41) is 13.0. The van der Waals surface area contributed by atoms with Gasteiger partial charge < -0.3 is 29.7 Å². The fraction of sp³-hybridized carbons (Fsp3) is 0.452. The number of ether oxygens (including phenoxy) is 2. The Kier molecular flexibility index (Phi) is 7.64. The SMILES string of the molecule is Cc1c(N2CCc3cnc(Nc4ccc(CC(=O)N5CC(N6CCOCC6)C5)cc4)nc3C2)cnc2c1N(C(=O)O)CCO2. The molecule has 0 radical (unpaired) electrons. The monoisotopic (exact) mass is 600 g/mol. The summed E-state index contributed by atoms with van der Waals surface area (Å²) in [4.78, 5) is 46.3. The number of aromatic nitrogens is 3. The highest BCUT2D eigenvalue weighted by Gasteiger charge is 2.35. The van der Waals surface area contributed by atoms with Gasteiger partial charge in [0.15, 0.2) is 0 Å². The Bertz CT molecular complexity index is 1560. The van der Waals surface area contributed by atoms with Crippen LogP contribution in [0.1, 0.15) is 22.4 Å². The van der Waals surface area contributed by atoms with Crippen LogP contribution in [-0.2, 0) is 28.9 Å². The lowest BCUT2D eigenvalue weighted by atomic mass is 10.0. The molecule has 1 aromatic carbocycles. The number of hydrogen-bond donors (Lipinski definition) is 2. The van der Waals surface area contributed by atoms with Gasteiger partial charge in [0.1, 0.15) is 12.3 Å². The summed E-state index contributed by atoms with van der Waals surface area (Å²) in [6.45, 7) is 8.78. The molecule has 4 aliphatic rings. The van der Waals surface area contributed by atoms with Crippen molar-refractivity contribution in [2.45, 2.75) is 32.4 Å². The second-order valence-corrected chi connectivity index (χ2v) is 11.6. The third-order valence-electron chi connectivity index (χ3n) is 8.93. The smallest absolute Gasteiger partial charge is 0.412 e. The van der Waals surface area contributed by atoms with Gasteiger partial charge in [-0.2, -0.15) is 0 Å². The van der Waals surface area contributed by atoms with E-state index < -0.39 is 6.09 Å². The number of carbonyl (C=O) groups excluding carboxylic acids is 1. The summed E-state index contributed by atoms with van der Waals surface area (Å²) >= 11 is 0. The van der Waals surface area contributed by atoms with Crippen LogP contribution < -0.4 is 19.9 Å². The van der Waals surface area contributed by atoms with Crippen LogP contribution in [0.4, 0.5) is 27.8 Å². The zero-order chi connectivity index (χ0) is 30.2. The second kappa shape index (κ2) is 11.9. The van der Waals surface area contributed by atoms with Crippen LogP contribution >= 0.6 is 0 Å². The van der Waals surface area contributed by atoms with Crippen molar-refractivity contribution in [3.8, 4) is 5.88 Å². The molecule has 6 heterocycles. The zero-order valence-electron chi connectivity index (χ0n) is 24.7. The van der Waals surface area contributed by atoms with Crippen molar-refractivity contribution in [2.24, 2.45) is 0 Å². The number of carbonyl (C=O) groups is 2. The number of rotatable bonds is 6. The Morgan fingerprint density at radius 2 is 1.82 bits per heavy atom. The maximum absolute atomic E-state index is 12.8. The van der Waals surface area contributed by atoms with Crippen molar-refractivity contribution in [2.75, 3.05) is 74.2 Å². The molecule has 2 aromatic heterocycles. The molecular formula is C31H36N8O5. The Balaban J connectivity index is 0.977. The normalized spacial score (nSPS) is 18.6. The molecular weight excluding hydrogens is 564 g/mol. The van der Waals surface area contributed by atoms with Crippen molar-refractivity contribution < 1.29 is 24.2 Å². The maximum atomic E-state index is 12.8. The van der Waals surface area contributed by atoms with E-state index in [-0.39, 0.29) is 19.1 Å². The van der Waals surface area contributed by atoms with E-state index in [0.717, 1.165) is 86.1 Å². The molecule has 7 rings (SSSR count). The number of fused-ring (bicyclic) bond motifs is 2. The van der Waals surface area contributed by atoms with Gasteiger partial charge in [-0.25, -0.2) is 19.7 Å². The van der Waals surface area contributed by atoms with Crippen molar-refractivity contribution in [1.29, 1.82) is 0 Å². The Morgan fingerprint density at radius 1 is 1.02 bits per heavy atom. The molecule has 0 aliphatic carbocycles. The quantitative estimate of drug-likeness (QED) is 0.432. The second-order valence-electron chi connectivity index (χ2n) is 11.6. The standard InChI is InChI=1S/C31H36N8O5/c1-20-26(16-32-29-28(20)39(31(41)42)10-13-44-29)37-7-6-22-15-33-30(35-25(22)19-37)34-23-4-2-21(3-5-23)14-27(40)38-17-24(18-38)36-8-11-43-12-9-36/h2-5,15-16,24H,6-14,17-19H2,1H3,(H,41,42)(H,33,34,35). The fourth-order valence-corrected chi connectivity index (χ4v) is 6.36. The highest BCUT2D eigenvalue weighted by Crippen LogP contribution is 2.39. The minimum absolute atomic E-state index is 0.158. The lowest BCUT2D eigenvalue weighted by Crippen LogP contribution is -2.63. The topological polar surface area (TPSA) is 136 Å². The van der Waals surface area contributed by atoms with Crippen molar-refractivity contribution >= 4 is 35.0 Å². The number of nitrogens with zero attached hydrogens (tertiary/aromatic N) is 7. The van der Waals surface area contributed by atoms with Gasteiger partial charge in [-0.15, -0.1) is 0 Å². The van der Waals surface area contributed by atoms with Crippen LogP contribution in [0.3, 0.4) is 0 Å². The molecule has 13 nitrogen and oxygen atoms in total. The number of benzene rings is 1. The number of likely N-dealkylation sites (tertiary alicyclic amines) is 1. The Hall–Kier alpha value is -4.49. The molecule has 0 saturated carbocycles. The first kappa shape index (κ1) is 28.3. The first-order chi connectivity index (χ1) is 21.4. The van der Waals surface area contributed by atoms with Gasteiger partial charge in [-0.1, -0.05) is 12.1 Å². The number of anilines is 4. The van der Waals surface area contributed by atoms with Crippen LogP contribution in [-0.4, -0.2) is 107 Å². The predicted octanol–water partition coefficient (Wildman–Crippen LogP) is 2.45. The number of amides is 2. The number of nitrogens with one attached hydrogen (secondary N) is 1. The zero-order valence-corrected chi connectivity index (χ0v) is 24.7. The lowest BCUT2D eigenvalue weighted by Gasteiger charge is -2.46. The molecule has 2 saturated heterocycles. The van der Waals surface area contributed by atoms with Crippen LogP contribution in [0.2, 0.25) is 0 Å². The van der Waals surface area contributed by atoms with E-state index in [1.165, 1.54) is 4.90 Å². The Labute approximate surface area is 255 Å². The molecule has 0 bridgehead atoms. The maximum Gasteiger partial charge on any atom is 0.412 e. The summed E-state index contributed by atoms with van der Waals surface area (Å²) in [7, 11) is 0. The van der Waals surface area contributed by atoms with Gasteiger partial charge in [0.05, 0.1) is 50.3 Å². The van der Waals surface area contributed by atoms with Crippen LogP contribution in [0.15, 0.2) is 36.7 Å². The van der Waals surface area contributed by atoms with Crippen molar-refractivity contribution in [3.05, 3.63) is 59.0 Å². The molecule has 4 aliphatic heterocycles. The molecule has 3 aromatic rings. The molecule has 44 heavy (non-hydrogen) atoms. The number of carboxylic acid groups (broad SMARTS) is 1. The lowest BCUT2D eigenvalue weighted by molar-refractivity contribution is -0.139. The molecule has 2 N–H and O–H groups in total. The molecule has 2 amide bonds. The average Bonchev–Trinajstić information content (AvgIpc) is 3.01. The fourth-order valence-electron chi connectivity index (χ4n) is 6.36. The first-order valence-corrected chi connectivity index (χ1v) is 15.1. The van der Waals surface area contributed by atoms with Crippen molar-refractivity contribution in [3.63, 3.8) is 0 Å². The van der Waals surface area contributed by atoms with E-state index in [9.17, 15) is 14.7 Å². The minimum Gasteiger partial charge on any atom is -0.474 e. The number of morpholine rings is 1. The van der Waals surface area contributed by atoms with E-state index in [0.29, 0.717) is 36.5 Å². The summed E-state index contributed by atoms with van der Waals surface area (Å²) in [6, 6.07) is 8.28. The van der Waals surface area contributed by atoms with Crippen molar-refractivity contribution in [1.82, 2.24) is 24.8 Å². The summed E-state index contributed by atoms with van der Waals surface area (Å²) in [5.74, 6) is 1.000. The van der Waals surface area contributed by atoms with Crippen LogP contribution in [0.5, 0.6) is 5.88 Å². The summed E-state index contributed by atoms with van der Waals surface area (Å²) in [6.07, 6.45) is 3.75. The summed E-state index contributed by atoms with van der Waals surface area (Å²) < 4.78 is 11.1. The highest BCUT2D eigenvalue weighted by molar-refractivity contribution is 5.91. The third-order valence-corrected chi connectivity index (χ3v) is 8.93. The van der Waals surface area contributed by atoms with Gasteiger partial charge >= 0.3 is 6.09 Å². The minimum atomic E-state index is -1.02. The predicted molar refractivity (Wildman–Crippen MR) is 163 cm³/mol. The largest absolute Gasteiger partial charge is 0.474 e. The van der Waals surface area contributed by atoms with Gasteiger partial charge in [0.2, 0.25) is 17.7 Å². The number of pyridine rings is 1. The first-order valence-electron chi connectivity index (χ1n) is 15.1. The van der Waals surface area contributed by atoms with E-state index in [2.05, 4.69) is 25.1 Å². The van der Waals surface area contributed by atoms with E-state index in [1.807, 2.05) is 42.3 Å². The van der Waals surface area contributed by atoms with Crippen LogP contribution in [0.25, 0.3) is 0 Å². The van der Waals surface area contributed by atoms with E-state index in [4.69, 9.17) is 14.5 Å². The molecule has 0 unspecified atom stereocenters. The average molecular weight is 601 g/mol. The summed E-state index contributed by atoms with van der Waals surface area (Å²) in [5.41, 5.74) is 5.99. The van der Waals surface area contributed by atoms with Gasteiger partial charge in [-0.05, 0) is 36.6 Å². The van der Waals surface area contributed by atoms with E-state index in [1.54, 1.807) is 6.20 Å².